The van der Waals surface area contributed by atoms with Crippen LogP contribution in [0.2, 0.25) is 0 Å². The lowest BCUT2D eigenvalue weighted by molar-refractivity contribution is -0.887. The fourth-order valence-electron chi connectivity index (χ4n) is 5.94. The molecule has 0 radical (unpaired) electrons. The second kappa shape index (κ2) is 41.7. The van der Waals surface area contributed by atoms with E-state index < -0.39 is 18.1 Å². The number of quaternary nitrogens is 1. The highest BCUT2D eigenvalue weighted by Crippen LogP contribution is 2.12. The van der Waals surface area contributed by atoms with E-state index in [-0.39, 0.29) is 42.7 Å². The molecule has 0 aromatic carbocycles. The number of hydrogen-bond acceptors (Lipinski definition) is 6. The van der Waals surface area contributed by atoms with Crippen LogP contribution in [-0.4, -0.2) is 80.6 Å². The Hall–Kier alpha value is -4.01. The number of carboxylic acids is 1. The number of aliphatic carboxylic acids is 1. The van der Waals surface area contributed by atoms with Gasteiger partial charge < -0.3 is 23.8 Å². The number of esters is 2. The van der Waals surface area contributed by atoms with Gasteiger partial charge in [-0.15, -0.1) is 0 Å². The molecule has 0 bridgehead atoms. The normalized spacial score (nSPS) is 13.9. The summed E-state index contributed by atoms with van der Waals surface area (Å²) in [4.78, 5) is 37.0. The van der Waals surface area contributed by atoms with Gasteiger partial charge in [-0.25, -0.2) is 4.79 Å². The predicted molar refractivity (Wildman–Crippen MR) is 252 cm³/mol. The highest BCUT2D eigenvalue weighted by molar-refractivity contribution is 5.72. The number of likely N-dealkylation sites (N-methyl/N-ethyl adjacent to an activating group) is 1. The first-order valence-corrected chi connectivity index (χ1v) is 22.9. The molecule has 0 saturated heterocycles. The molecule has 0 amide bonds. The molecule has 0 rings (SSSR count). The number of nitrogens with zero attached hydrogens (tertiary/aromatic N) is 1. The maximum absolute atomic E-state index is 12.7. The van der Waals surface area contributed by atoms with Gasteiger partial charge in [-0.2, -0.15) is 0 Å². The molecule has 8 heteroatoms. The number of rotatable bonds is 39. The van der Waals surface area contributed by atoms with Crippen molar-refractivity contribution >= 4 is 17.9 Å². The Balaban J connectivity index is 4.46. The Labute approximate surface area is 366 Å². The van der Waals surface area contributed by atoms with Crippen molar-refractivity contribution in [3.63, 3.8) is 0 Å². The van der Waals surface area contributed by atoms with E-state index in [9.17, 15) is 19.5 Å². The summed E-state index contributed by atoms with van der Waals surface area (Å²) in [5.41, 5.74) is 0. The van der Waals surface area contributed by atoms with Crippen LogP contribution >= 0.6 is 0 Å². The van der Waals surface area contributed by atoms with Gasteiger partial charge in [-0.3, -0.25) is 9.59 Å². The molecule has 0 aliphatic heterocycles. The van der Waals surface area contributed by atoms with Crippen molar-refractivity contribution in [3.8, 4) is 0 Å². The molecule has 60 heavy (non-hydrogen) atoms. The van der Waals surface area contributed by atoms with Crippen LogP contribution in [0.15, 0.2) is 109 Å². The second-order valence-corrected chi connectivity index (χ2v) is 15.9. The molecule has 2 atom stereocenters. The zero-order valence-electron chi connectivity index (χ0n) is 38.4. The number of carboxylic acid groups (broad SMARTS) is 1. The molecular formula is C52H84NO7+. The minimum Gasteiger partial charge on any atom is -0.477 e. The minimum absolute atomic E-state index is 0.0260. The standard InChI is InChI=1S/C52H83NO7/c1-6-8-10-12-14-16-18-20-22-24-25-27-28-30-32-34-36-38-40-42-50(54)59-47-48(46-58-45-44-49(52(56)57)53(3,4)5)60-51(55)43-41-39-37-35-33-31-29-26-23-21-19-17-15-13-11-9-7-2/h8-11,14-17,20-23,25,27,29,31,35,37,48-49H,6-7,12-13,18-19,24,26,28,30,32-34,36,38-47H2,1-5H3/p+1/b10-8+,11-9+,16-14+,17-15+,22-20+,23-21+,27-25+,31-29+,37-35+. The third kappa shape index (κ3) is 39.5. The van der Waals surface area contributed by atoms with Crippen molar-refractivity contribution < 1.29 is 38.2 Å². The van der Waals surface area contributed by atoms with Gasteiger partial charge in [0.25, 0.3) is 0 Å². The topological polar surface area (TPSA) is 99.1 Å². The summed E-state index contributed by atoms with van der Waals surface area (Å²) >= 11 is 0. The Kier molecular flexibility index (Phi) is 38.9. The zero-order chi connectivity index (χ0) is 44.2. The number of carbonyl (C=O) groups is 3. The molecular weight excluding hydrogens is 751 g/mol. The summed E-state index contributed by atoms with van der Waals surface area (Å²) in [6.45, 7) is 4.41. The zero-order valence-corrected chi connectivity index (χ0v) is 38.4. The first-order chi connectivity index (χ1) is 29.1. The molecule has 0 heterocycles. The van der Waals surface area contributed by atoms with Crippen LogP contribution in [0.3, 0.4) is 0 Å². The van der Waals surface area contributed by atoms with Crippen LogP contribution in [0.25, 0.3) is 0 Å². The summed E-state index contributed by atoms with van der Waals surface area (Å²) < 4.78 is 17.2. The molecule has 0 saturated carbocycles. The van der Waals surface area contributed by atoms with Crippen LogP contribution in [0.4, 0.5) is 0 Å². The van der Waals surface area contributed by atoms with Crippen molar-refractivity contribution in [3.05, 3.63) is 109 Å². The average Bonchev–Trinajstić information content (AvgIpc) is 3.21. The van der Waals surface area contributed by atoms with Crippen molar-refractivity contribution in [1.82, 2.24) is 0 Å². The van der Waals surface area contributed by atoms with E-state index in [0.29, 0.717) is 19.3 Å². The van der Waals surface area contributed by atoms with E-state index in [1.165, 1.54) is 12.8 Å². The number of unbranched alkanes of at least 4 members (excludes halogenated alkanes) is 7. The van der Waals surface area contributed by atoms with Crippen LogP contribution in [0, 0.1) is 0 Å². The third-order valence-corrected chi connectivity index (χ3v) is 9.42. The Bertz CT molecular complexity index is 1340. The van der Waals surface area contributed by atoms with Gasteiger partial charge >= 0.3 is 17.9 Å². The molecule has 2 unspecified atom stereocenters. The van der Waals surface area contributed by atoms with Crippen molar-refractivity contribution in [2.75, 3.05) is 41.0 Å². The van der Waals surface area contributed by atoms with Crippen LogP contribution in [0.1, 0.15) is 149 Å². The molecule has 0 fully saturated rings. The van der Waals surface area contributed by atoms with Gasteiger partial charge in [0, 0.05) is 19.3 Å². The molecule has 1 N–H and O–H groups in total. The highest BCUT2D eigenvalue weighted by Gasteiger charge is 2.31. The first kappa shape index (κ1) is 56.0. The van der Waals surface area contributed by atoms with E-state index >= 15 is 0 Å². The molecule has 0 aromatic heterocycles. The predicted octanol–water partition coefficient (Wildman–Crippen LogP) is 12.9. The van der Waals surface area contributed by atoms with Crippen LogP contribution in [0.5, 0.6) is 0 Å². The average molecular weight is 835 g/mol. The fourth-order valence-corrected chi connectivity index (χ4v) is 5.94. The second-order valence-electron chi connectivity index (χ2n) is 15.9. The third-order valence-electron chi connectivity index (χ3n) is 9.42. The van der Waals surface area contributed by atoms with Gasteiger partial charge in [0.2, 0.25) is 0 Å². The molecule has 0 aromatic rings. The van der Waals surface area contributed by atoms with Gasteiger partial charge in [0.1, 0.15) is 6.61 Å². The van der Waals surface area contributed by atoms with Gasteiger partial charge in [-0.1, -0.05) is 149 Å². The Morgan fingerprint density at radius 1 is 0.500 bits per heavy atom. The number of carbonyl (C=O) groups excluding carboxylic acids is 2. The minimum atomic E-state index is -0.891. The van der Waals surface area contributed by atoms with Crippen LogP contribution in [-0.2, 0) is 28.6 Å². The van der Waals surface area contributed by atoms with Crippen molar-refractivity contribution in [2.24, 2.45) is 0 Å². The maximum atomic E-state index is 12.7. The highest BCUT2D eigenvalue weighted by atomic mass is 16.6. The van der Waals surface area contributed by atoms with Crippen molar-refractivity contribution in [2.45, 2.75) is 161 Å². The fraction of sp³-hybridized carbons (Fsp3) is 0.596. The number of ether oxygens (including phenoxy) is 3. The van der Waals surface area contributed by atoms with E-state index in [2.05, 4.69) is 123 Å². The summed E-state index contributed by atoms with van der Waals surface area (Å²) in [5.74, 6) is -1.58. The lowest BCUT2D eigenvalue weighted by atomic mass is 10.1. The number of hydrogen-bond donors (Lipinski definition) is 1. The van der Waals surface area contributed by atoms with Crippen LogP contribution < -0.4 is 0 Å². The SMILES string of the molecule is CC/C=C/C/C=C/C/C=C/C/C=C/C/C=C/CCCC(=O)OC(COCCC(C(=O)O)[N+](C)(C)C)COC(=O)CCCCCCCC/C=C/C/C=C/C/C=C/C/C=C/CC. The van der Waals surface area contributed by atoms with E-state index in [1.54, 1.807) is 0 Å². The Morgan fingerprint density at radius 2 is 0.900 bits per heavy atom. The lowest BCUT2D eigenvalue weighted by Gasteiger charge is -2.31. The van der Waals surface area contributed by atoms with E-state index in [0.717, 1.165) is 96.3 Å². The maximum Gasteiger partial charge on any atom is 0.362 e. The molecule has 0 aliphatic carbocycles. The van der Waals surface area contributed by atoms with E-state index in [4.69, 9.17) is 14.2 Å². The monoisotopic (exact) mass is 835 g/mol. The first-order valence-electron chi connectivity index (χ1n) is 22.9. The van der Waals surface area contributed by atoms with Gasteiger partial charge in [0.15, 0.2) is 12.1 Å². The number of allylic oxidation sites excluding steroid dienone is 18. The summed E-state index contributed by atoms with van der Waals surface area (Å²) in [7, 11) is 5.49. The summed E-state index contributed by atoms with van der Waals surface area (Å²) in [5, 5.41) is 9.63. The largest absolute Gasteiger partial charge is 0.477 e. The quantitative estimate of drug-likeness (QED) is 0.0285. The summed E-state index contributed by atoms with van der Waals surface area (Å²) in [6, 6.07) is -0.634. The molecule has 0 spiro atoms. The molecule has 338 valence electrons. The van der Waals surface area contributed by atoms with Gasteiger partial charge in [0.05, 0.1) is 34.4 Å². The lowest BCUT2D eigenvalue weighted by Crippen LogP contribution is -2.50. The Morgan fingerprint density at radius 3 is 1.35 bits per heavy atom. The van der Waals surface area contributed by atoms with Crippen molar-refractivity contribution in [1.29, 1.82) is 0 Å². The molecule has 0 aliphatic rings. The van der Waals surface area contributed by atoms with E-state index in [1.807, 2.05) is 21.1 Å². The summed E-state index contributed by atoms with van der Waals surface area (Å²) in [6.07, 6.45) is 57.1. The molecule has 8 nitrogen and oxygen atoms in total. The van der Waals surface area contributed by atoms with Gasteiger partial charge in [-0.05, 0) is 89.9 Å². The smallest absolute Gasteiger partial charge is 0.362 e.